The summed E-state index contributed by atoms with van der Waals surface area (Å²) >= 11 is 0. The Labute approximate surface area is 127 Å². The number of carboxylic acid groups (broad SMARTS) is 1. The lowest BCUT2D eigenvalue weighted by atomic mass is 9.89. The van der Waals surface area contributed by atoms with Gasteiger partial charge in [-0.1, -0.05) is 44.7 Å². The number of aliphatic carboxylic acids is 1. The monoisotopic (exact) mass is 294 g/mol. The normalized spacial score (nSPS) is 12.0. The molecule has 1 rings (SSSR count). The van der Waals surface area contributed by atoms with Crippen molar-refractivity contribution in [3.8, 4) is 11.5 Å². The molecule has 0 fully saturated rings. The molecule has 0 spiro atoms. The van der Waals surface area contributed by atoms with Gasteiger partial charge in [0.1, 0.15) is 0 Å². The largest absolute Gasteiger partial charge is 0.493 e. The van der Waals surface area contributed by atoms with E-state index >= 15 is 0 Å². The van der Waals surface area contributed by atoms with Crippen molar-refractivity contribution in [2.75, 3.05) is 14.2 Å². The summed E-state index contributed by atoms with van der Waals surface area (Å²) in [6, 6.07) is 5.66. The lowest BCUT2D eigenvalue weighted by Gasteiger charge is -2.20. The number of hydrogen-bond donors (Lipinski definition) is 1. The van der Waals surface area contributed by atoms with Crippen LogP contribution in [0.25, 0.3) is 0 Å². The second-order valence-corrected chi connectivity index (χ2v) is 5.23. The molecule has 0 radical (unpaired) electrons. The van der Waals surface area contributed by atoms with Gasteiger partial charge in [0.05, 0.1) is 20.6 Å². The first kappa shape index (κ1) is 17.3. The highest BCUT2D eigenvalue weighted by atomic mass is 16.5. The van der Waals surface area contributed by atoms with E-state index in [9.17, 15) is 4.79 Å². The molecule has 0 saturated carbocycles. The molecule has 1 aromatic carbocycles. The molecule has 0 aliphatic carbocycles. The summed E-state index contributed by atoms with van der Waals surface area (Å²) < 4.78 is 10.7. The summed E-state index contributed by atoms with van der Waals surface area (Å²) in [6.45, 7) is 2.17. The van der Waals surface area contributed by atoms with Crippen LogP contribution in [0, 0.1) is 0 Å². The average Bonchev–Trinajstić information content (AvgIpc) is 2.49. The van der Waals surface area contributed by atoms with E-state index in [0.717, 1.165) is 24.8 Å². The second kappa shape index (κ2) is 9.27. The van der Waals surface area contributed by atoms with E-state index in [0.29, 0.717) is 11.5 Å². The van der Waals surface area contributed by atoms with Gasteiger partial charge in [-0.25, -0.2) is 0 Å². The lowest BCUT2D eigenvalue weighted by Crippen LogP contribution is -2.08. The van der Waals surface area contributed by atoms with Crippen LogP contribution in [0.5, 0.6) is 11.5 Å². The van der Waals surface area contributed by atoms with Crippen LogP contribution in [0.1, 0.15) is 56.9 Å². The van der Waals surface area contributed by atoms with Crippen molar-refractivity contribution in [2.24, 2.45) is 0 Å². The fourth-order valence-electron chi connectivity index (χ4n) is 2.63. The van der Waals surface area contributed by atoms with Gasteiger partial charge in [0.25, 0.3) is 0 Å². The Hall–Kier alpha value is -1.71. The zero-order valence-electron chi connectivity index (χ0n) is 13.2. The SMILES string of the molecule is CCCCCCC(CC(=O)O)c1cccc(OC)c1OC. The van der Waals surface area contributed by atoms with E-state index in [1.54, 1.807) is 14.2 Å². The molecule has 0 heterocycles. The maximum absolute atomic E-state index is 11.2. The maximum Gasteiger partial charge on any atom is 0.303 e. The first-order valence-corrected chi connectivity index (χ1v) is 7.56. The summed E-state index contributed by atoms with van der Waals surface area (Å²) in [5.74, 6) is 0.491. The molecule has 0 saturated heterocycles. The van der Waals surface area contributed by atoms with Gasteiger partial charge in [-0.05, 0) is 18.4 Å². The van der Waals surface area contributed by atoms with Crippen molar-refractivity contribution >= 4 is 5.97 Å². The summed E-state index contributed by atoms with van der Waals surface area (Å²) in [4.78, 5) is 11.2. The molecule has 0 amide bonds. The van der Waals surface area contributed by atoms with E-state index < -0.39 is 5.97 Å². The van der Waals surface area contributed by atoms with E-state index in [2.05, 4.69) is 6.92 Å². The van der Waals surface area contributed by atoms with Crippen LogP contribution in [0.4, 0.5) is 0 Å². The highest BCUT2D eigenvalue weighted by Gasteiger charge is 2.21. The fourth-order valence-corrected chi connectivity index (χ4v) is 2.63. The van der Waals surface area contributed by atoms with Crippen molar-refractivity contribution in [3.63, 3.8) is 0 Å². The molecule has 4 nitrogen and oxygen atoms in total. The van der Waals surface area contributed by atoms with Gasteiger partial charge >= 0.3 is 5.97 Å². The summed E-state index contributed by atoms with van der Waals surface area (Å²) in [5.41, 5.74) is 0.927. The summed E-state index contributed by atoms with van der Waals surface area (Å²) in [5, 5.41) is 9.17. The number of carbonyl (C=O) groups is 1. The van der Waals surface area contributed by atoms with Gasteiger partial charge in [-0.3, -0.25) is 4.79 Å². The number of benzene rings is 1. The molecule has 0 bridgehead atoms. The minimum atomic E-state index is -0.777. The number of ether oxygens (including phenoxy) is 2. The topological polar surface area (TPSA) is 55.8 Å². The molecule has 118 valence electrons. The molecular weight excluding hydrogens is 268 g/mol. The maximum atomic E-state index is 11.2. The smallest absolute Gasteiger partial charge is 0.303 e. The molecule has 0 aliphatic heterocycles. The van der Waals surface area contributed by atoms with Gasteiger partial charge in [0.2, 0.25) is 0 Å². The van der Waals surface area contributed by atoms with E-state index in [1.807, 2.05) is 18.2 Å². The molecule has 1 aromatic rings. The van der Waals surface area contributed by atoms with Crippen LogP contribution in [0.15, 0.2) is 18.2 Å². The highest BCUT2D eigenvalue weighted by molar-refractivity contribution is 5.68. The zero-order valence-corrected chi connectivity index (χ0v) is 13.2. The minimum Gasteiger partial charge on any atom is -0.493 e. The zero-order chi connectivity index (χ0) is 15.7. The third-order valence-electron chi connectivity index (χ3n) is 3.70. The molecule has 1 atom stereocenters. The first-order valence-electron chi connectivity index (χ1n) is 7.56. The molecular formula is C17H26O4. The minimum absolute atomic E-state index is 0.0376. The molecule has 0 aromatic heterocycles. The number of unbranched alkanes of at least 4 members (excludes halogenated alkanes) is 3. The Morgan fingerprint density at radius 2 is 1.95 bits per heavy atom. The molecule has 1 N–H and O–H groups in total. The predicted molar refractivity (Wildman–Crippen MR) is 83.3 cm³/mol. The van der Waals surface area contributed by atoms with Gasteiger partial charge in [-0.2, -0.15) is 0 Å². The predicted octanol–water partition coefficient (Wildman–Crippen LogP) is 4.23. The van der Waals surface area contributed by atoms with Crippen molar-refractivity contribution in [3.05, 3.63) is 23.8 Å². The number of para-hydroxylation sites is 1. The number of hydrogen-bond acceptors (Lipinski definition) is 3. The van der Waals surface area contributed by atoms with Crippen molar-refractivity contribution in [2.45, 2.75) is 51.4 Å². The molecule has 4 heteroatoms. The van der Waals surface area contributed by atoms with Crippen molar-refractivity contribution in [1.82, 2.24) is 0 Å². The Morgan fingerprint density at radius 3 is 2.52 bits per heavy atom. The van der Waals surface area contributed by atoms with Crippen LogP contribution in [-0.2, 0) is 4.79 Å². The van der Waals surface area contributed by atoms with Crippen LogP contribution in [0.3, 0.4) is 0 Å². The number of rotatable bonds is 10. The molecule has 21 heavy (non-hydrogen) atoms. The Kier molecular flexibility index (Phi) is 7.65. The van der Waals surface area contributed by atoms with E-state index in [1.165, 1.54) is 12.8 Å². The van der Waals surface area contributed by atoms with Gasteiger partial charge in [0.15, 0.2) is 11.5 Å². The van der Waals surface area contributed by atoms with Crippen LogP contribution >= 0.6 is 0 Å². The van der Waals surface area contributed by atoms with Crippen molar-refractivity contribution in [1.29, 1.82) is 0 Å². The van der Waals surface area contributed by atoms with Gasteiger partial charge < -0.3 is 14.6 Å². The Balaban J connectivity index is 2.93. The van der Waals surface area contributed by atoms with Crippen LogP contribution < -0.4 is 9.47 Å². The number of carboxylic acids is 1. The summed E-state index contributed by atoms with van der Waals surface area (Å²) in [7, 11) is 3.19. The van der Waals surface area contributed by atoms with E-state index in [4.69, 9.17) is 14.6 Å². The Bertz CT molecular complexity index is 442. The fraction of sp³-hybridized carbons (Fsp3) is 0.588. The first-order chi connectivity index (χ1) is 10.1. The average molecular weight is 294 g/mol. The van der Waals surface area contributed by atoms with Crippen LogP contribution in [0.2, 0.25) is 0 Å². The van der Waals surface area contributed by atoms with Gasteiger partial charge in [-0.15, -0.1) is 0 Å². The third kappa shape index (κ3) is 5.29. The standard InChI is InChI=1S/C17H26O4/c1-4-5-6-7-9-13(12-16(18)19)14-10-8-11-15(20-2)17(14)21-3/h8,10-11,13H,4-7,9,12H2,1-3H3,(H,18,19). The van der Waals surface area contributed by atoms with E-state index in [-0.39, 0.29) is 12.3 Å². The third-order valence-corrected chi connectivity index (χ3v) is 3.70. The van der Waals surface area contributed by atoms with Crippen molar-refractivity contribution < 1.29 is 19.4 Å². The number of methoxy groups -OCH3 is 2. The summed E-state index contributed by atoms with van der Waals surface area (Å²) in [6.07, 6.45) is 5.51. The molecule has 1 unspecified atom stereocenters. The van der Waals surface area contributed by atoms with Gasteiger partial charge in [0, 0.05) is 5.56 Å². The quantitative estimate of drug-likeness (QED) is 0.656. The second-order valence-electron chi connectivity index (χ2n) is 5.23. The van der Waals surface area contributed by atoms with Crippen LogP contribution in [-0.4, -0.2) is 25.3 Å². The lowest BCUT2D eigenvalue weighted by molar-refractivity contribution is -0.137. The highest BCUT2D eigenvalue weighted by Crippen LogP contribution is 2.39. The Morgan fingerprint density at radius 1 is 1.19 bits per heavy atom. The molecule has 0 aliphatic rings.